The maximum absolute atomic E-state index is 4.60. The molecule has 3 rings (SSSR count). The first kappa shape index (κ1) is 17.5. The third kappa shape index (κ3) is 4.60. The maximum atomic E-state index is 4.60. The number of likely N-dealkylation sites (N-methyl/N-ethyl adjacent to an activating group) is 1. The molecule has 1 saturated heterocycles. The van der Waals surface area contributed by atoms with Crippen molar-refractivity contribution in [1.29, 1.82) is 0 Å². The van der Waals surface area contributed by atoms with E-state index in [1.807, 2.05) is 20.3 Å². The summed E-state index contributed by atoms with van der Waals surface area (Å²) in [6, 6.07) is 17.0. The predicted octanol–water partition coefficient (Wildman–Crippen LogP) is 3.65. The number of piperazine rings is 1. The van der Waals surface area contributed by atoms with Crippen molar-refractivity contribution >= 4 is 23.3 Å². The van der Waals surface area contributed by atoms with Gasteiger partial charge in [-0.05, 0) is 48.5 Å². The number of hydrogen-bond donors (Lipinski definition) is 0. The van der Waals surface area contributed by atoms with Gasteiger partial charge < -0.3 is 14.7 Å². The Morgan fingerprint density at radius 2 is 1.56 bits per heavy atom. The third-order valence-electron chi connectivity index (χ3n) is 4.81. The molecule has 2 aromatic rings. The zero-order valence-corrected chi connectivity index (χ0v) is 15.5. The van der Waals surface area contributed by atoms with E-state index in [9.17, 15) is 0 Å². The molecular weight excluding hydrogens is 308 g/mol. The van der Waals surface area contributed by atoms with Gasteiger partial charge in [-0.2, -0.15) is 0 Å². The average Bonchev–Trinajstić information content (AvgIpc) is 2.67. The summed E-state index contributed by atoms with van der Waals surface area (Å²) in [5, 5.41) is 0. The smallest absolute Gasteiger partial charge is 0.0631 e. The number of nitrogens with zero attached hydrogens (tertiary/aromatic N) is 4. The molecule has 1 heterocycles. The molecule has 4 nitrogen and oxygen atoms in total. The molecule has 0 aromatic heterocycles. The van der Waals surface area contributed by atoms with Gasteiger partial charge in [-0.15, -0.1) is 0 Å². The molecule has 1 fully saturated rings. The van der Waals surface area contributed by atoms with Crippen LogP contribution in [0.3, 0.4) is 0 Å². The molecule has 2 aromatic carbocycles. The number of anilines is 2. The molecule has 0 spiro atoms. The molecule has 0 atom stereocenters. The molecule has 132 valence electrons. The fourth-order valence-corrected chi connectivity index (χ4v) is 3.08. The van der Waals surface area contributed by atoms with Crippen LogP contribution in [0.1, 0.15) is 12.5 Å². The van der Waals surface area contributed by atoms with Crippen LogP contribution in [0.15, 0.2) is 53.5 Å². The maximum Gasteiger partial charge on any atom is 0.0631 e. The Hall–Kier alpha value is -2.33. The quantitative estimate of drug-likeness (QED) is 0.778. The topological polar surface area (TPSA) is 22.1 Å². The predicted molar refractivity (Wildman–Crippen MR) is 109 cm³/mol. The lowest BCUT2D eigenvalue weighted by Crippen LogP contribution is -2.46. The minimum Gasteiger partial charge on any atom is -0.378 e. The van der Waals surface area contributed by atoms with Crippen molar-refractivity contribution in [1.82, 2.24) is 4.90 Å². The standard InChI is InChI=1S/C21H28N4/c1-4-24-13-15-25(16-14-24)21-11-7-19(8-12-21)22-17-18-5-9-20(10-6-18)23(2)3/h5-12,17H,4,13-16H2,1-3H3. The van der Waals surface area contributed by atoms with Crippen molar-refractivity contribution in [3.8, 4) is 0 Å². The number of rotatable bonds is 5. The lowest BCUT2D eigenvalue weighted by atomic mass is 10.2. The normalized spacial score (nSPS) is 15.7. The second kappa shape index (κ2) is 8.17. The Balaban J connectivity index is 1.60. The second-order valence-corrected chi connectivity index (χ2v) is 6.68. The van der Waals surface area contributed by atoms with Crippen molar-refractivity contribution in [2.24, 2.45) is 4.99 Å². The van der Waals surface area contributed by atoms with Gasteiger partial charge in [0.2, 0.25) is 0 Å². The van der Waals surface area contributed by atoms with Crippen LogP contribution in [-0.4, -0.2) is 57.9 Å². The van der Waals surface area contributed by atoms with Gasteiger partial charge >= 0.3 is 0 Å². The van der Waals surface area contributed by atoms with E-state index in [0.717, 1.165) is 44.0 Å². The summed E-state index contributed by atoms with van der Waals surface area (Å²) in [7, 11) is 4.10. The lowest BCUT2D eigenvalue weighted by Gasteiger charge is -2.35. The summed E-state index contributed by atoms with van der Waals surface area (Å²) < 4.78 is 0. The van der Waals surface area contributed by atoms with Crippen molar-refractivity contribution in [3.05, 3.63) is 54.1 Å². The third-order valence-corrected chi connectivity index (χ3v) is 4.81. The van der Waals surface area contributed by atoms with Gasteiger partial charge in [0.15, 0.2) is 0 Å². The van der Waals surface area contributed by atoms with E-state index in [1.54, 1.807) is 0 Å². The van der Waals surface area contributed by atoms with E-state index in [-0.39, 0.29) is 0 Å². The Labute approximate surface area is 151 Å². The molecule has 0 amide bonds. The average molecular weight is 336 g/mol. The summed E-state index contributed by atoms with van der Waals surface area (Å²) in [4.78, 5) is 11.6. The van der Waals surface area contributed by atoms with E-state index in [2.05, 4.69) is 75.1 Å². The first-order valence-electron chi connectivity index (χ1n) is 9.04. The summed E-state index contributed by atoms with van der Waals surface area (Å²) in [5.74, 6) is 0. The molecular formula is C21H28N4. The minimum absolute atomic E-state index is 0.993. The zero-order valence-electron chi connectivity index (χ0n) is 15.5. The van der Waals surface area contributed by atoms with Gasteiger partial charge in [0.05, 0.1) is 5.69 Å². The highest BCUT2D eigenvalue weighted by atomic mass is 15.3. The summed E-state index contributed by atoms with van der Waals surface area (Å²) in [6.07, 6.45) is 1.93. The van der Waals surface area contributed by atoms with E-state index >= 15 is 0 Å². The SMILES string of the molecule is CCN1CCN(c2ccc(N=Cc3ccc(N(C)C)cc3)cc2)CC1. The Bertz CT molecular complexity index is 681. The molecule has 1 aliphatic heterocycles. The van der Waals surface area contributed by atoms with Gasteiger partial charge in [-0.25, -0.2) is 0 Å². The molecule has 1 aliphatic rings. The molecule has 0 unspecified atom stereocenters. The summed E-state index contributed by atoms with van der Waals surface area (Å²) in [6.45, 7) is 7.90. The summed E-state index contributed by atoms with van der Waals surface area (Å²) >= 11 is 0. The van der Waals surface area contributed by atoms with Gasteiger partial charge in [0.1, 0.15) is 0 Å². The number of aliphatic imine (C=N–C) groups is 1. The van der Waals surface area contributed by atoms with Crippen molar-refractivity contribution in [2.45, 2.75) is 6.92 Å². The zero-order chi connectivity index (χ0) is 17.6. The van der Waals surface area contributed by atoms with Crippen LogP contribution < -0.4 is 9.80 Å². The van der Waals surface area contributed by atoms with E-state index in [4.69, 9.17) is 0 Å². The van der Waals surface area contributed by atoms with Crippen LogP contribution in [-0.2, 0) is 0 Å². The summed E-state index contributed by atoms with van der Waals surface area (Å²) in [5.41, 5.74) is 4.60. The van der Waals surface area contributed by atoms with Crippen LogP contribution in [0.25, 0.3) is 0 Å². The van der Waals surface area contributed by atoms with Crippen LogP contribution in [0.2, 0.25) is 0 Å². The Morgan fingerprint density at radius 3 is 2.12 bits per heavy atom. The van der Waals surface area contributed by atoms with Gasteiger partial charge in [0, 0.05) is 57.9 Å². The molecule has 4 heteroatoms. The highest BCUT2D eigenvalue weighted by Crippen LogP contribution is 2.21. The lowest BCUT2D eigenvalue weighted by molar-refractivity contribution is 0.271. The molecule has 0 radical (unpaired) electrons. The van der Waals surface area contributed by atoms with E-state index in [1.165, 1.54) is 11.4 Å². The minimum atomic E-state index is 0.993. The largest absolute Gasteiger partial charge is 0.378 e. The van der Waals surface area contributed by atoms with Crippen LogP contribution in [0.4, 0.5) is 17.1 Å². The molecule has 0 saturated carbocycles. The van der Waals surface area contributed by atoms with E-state index in [0.29, 0.717) is 0 Å². The Morgan fingerprint density at radius 1 is 0.920 bits per heavy atom. The van der Waals surface area contributed by atoms with Crippen molar-refractivity contribution < 1.29 is 0 Å². The van der Waals surface area contributed by atoms with Crippen LogP contribution in [0, 0.1) is 0 Å². The molecule has 25 heavy (non-hydrogen) atoms. The number of benzene rings is 2. The molecule has 0 aliphatic carbocycles. The molecule has 0 bridgehead atoms. The first-order chi connectivity index (χ1) is 12.2. The van der Waals surface area contributed by atoms with Crippen LogP contribution in [0.5, 0.6) is 0 Å². The van der Waals surface area contributed by atoms with Gasteiger partial charge in [0.25, 0.3) is 0 Å². The van der Waals surface area contributed by atoms with Gasteiger partial charge in [-0.3, -0.25) is 4.99 Å². The van der Waals surface area contributed by atoms with Crippen molar-refractivity contribution in [2.75, 3.05) is 56.6 Å². The van der Waals surface area contributed by atoms with Gasteiger partial charge in [-0.1, -0.05) is 19.1 Å². The fraction of sp³-hybridized carbons (Fsp3) is 0.381. The second-order valence-electron chi connectivity index (χ2n) is 6.68. The monoisotopic (exact) mass is 336 g/mol. The highest BCUT2D eigenvalue weighted by Gasteiger charge is 2.15. The van der Waals surface area contributed by atoms with Crippen LogP contribution >= 0.6 is 0 Å². The van der Waals surface area contributed by atoms with E-state index < -0.39 is 0 Å². The first-order valence-corrected chi connectivity index (χ1v) is 9.04. The highest BCUT2D eigenvalue weighted by molar-refractivity contribution is 5.82. The van der Waals surface area contributed by atoms with Crippen molar-refractivity contribution in [3.63, 3.8) is 0 Å². The number of hydrogen-bond acceptors (Lipinski definition) is 4. The fourth-order valence-electron chi connectivity index (χ4n) is 3.08. The molecule has 0 N–H and O–H groups in total. The Kier molecular flexibility index (Phi) is 5.71.